The van der Waals surface area contributed by atoms with Gasteiger partial charge >= 0.3 is 0 Å². The molecule has 0 unspecified atom stereocenters. The number of hydrogen-bond acceptors (Lipinski definition) is 3. The van der Waals surface area contributed by atoms with Crippen molar-refractivity contribution in [3.05, 3.63) is 77.1 Å². The van der Waals surface area contributed by atoms with E-state index in [9.17, 15) is 4.79 Å². The molecule has 2 aromatic carbocycles. The number of carbonyl (C=O) groups is 1. The quantitative estimate of drug-likeness (QED) is 0.795. The Balaban J connectivity index is 2.00. The van der Waals surface area contributed by atoms with E-state index in [1.54, 1.807) is 14.0 Å². The molecule has 0 fully saturated rings. The maximum Gasteiger partial charge on any atom is 0.176 e. The fourth-order valence-corrected chi connectivity index (χ4v) is 2.59. The van der Waals surface area contributed by atoms with Gasteiger partial charge in [-0.2, -0.15) is 0 Å². The minimum atomic E-state index is 0.00634. The molecule has 3 heteroatoms. The summed E-state index contributed by atoms with van der Waals surface area (Å²) in [5.41, 5.74) is 2.67. The highest BCUT2D eigenvalue weighted by atomic mass is 16.5. The molecule has 0 spiro atoms. The summed E-state index contributed by atoms with van der Waals surface area (Å²) < 4.78 is 11.3. The van der Waals surface area contributed by atoms with Gasteiger partial charge in [0.1, 0.15) is 5.76 Å². The first-order chi connectivity index (χ1) is 11.2. The standard InChI is InChI=1S/C20H18O3/c1-14(21)17(13-15-7-4-3-5-8-15)18-12-11-16-9-6-10-19(22-2)20(16)23-18/h3-12H,13H2,1-2H3/b18-17+. The fraction of sp³-hybridized carbons (Fsp3) is 0.150. The molecule has 0 saturated carbocycles. The number of ketones is 1. The van der Waals surface area contributed by atoms with Gasteiger partial charge < -0.3 is 9.47 Å². The summed E-state index contributed by atoms with van der Waals surface area (Å²) >= 11 is 0. The SMILES string of the molecule is COc1cccc2c1O/C(=C(\Cc1ccccc1)C(C)=O)C=C2. The first kappa shape index (κ1) is 15.1. The second-order valence-corrected chi connectivity index (χ2v) is 5.38. The van der Waals surface area contributed by atoms with E-state index in [1.165, 1.54) is 0 Å². The predicted molar refractivity (Wildman–Crippen MR) is 90.5 cm³/mol. The lowest BCUT2D eigenvalue weighted by Gasteiger charge is -2.19. The highest BCUT2D eigenvalue weighted by molar-refractivity contribution is 5.95. The molecule has 1 aliphatic heterocycles. The Morgan fingerprint density at radius 3 is 2.52 bits per heavy atom. The lowest BCUT2D eigenvalue weighted by Crippen LogP contribution is -2.11. The summed E-state index contributed by atoms with van der Waals surface area (Å²) in [4.78, 5) is 12.1. The van der Waals surface area contributed by atoms with Crippen molar-refractivity contribution in [1.29, 1.82) is 0 Å². The zero-order valence-corrected chi connectivity index (χ0v) is 13.2. The molecule has 0 atom stereocenters. The lowest BCUT2D eigenvalue weighted by molar-refractivity contribution is -0.113. The number of methoxy groups -OCH3 is 1. The van der Waals surface area contributed by atoms with E-state index in [1.807, 2.05) is 60.7 Å². The second-order valence-electron chi connectivity index (χ2n) is 5.38. The summed E-state index contributed by atoms with van der Waals surface area (Å²) in [6, 6.07) is 15.6. The van der Waals surface area contributed by atoms with Gasteiger partial charge in [-0.15, -0.1) is 0 Å². The number of carbonyl (C=O) groups excluding carboxylic acids is 1. The van der Waals surface area contributed by atoms with Crippen molar-refractivity contribution in [2.24, 2.45) is 0 Å². The normalized spacial score (nSPS) is 14.7. The first-order valence-corrected chi connectivity index (χ1v) is 7.50. The van der Waals surface area contributed by atoms with E-state index in [4.69, 9.17) is 9.47 Å². The van der Waals surface area contributed by atoms with Crippen LogP contribution in [-0.2, 0) is 11.2 Å². The minimum absolute atomic E-state index is 0.00634. The van der Waals surface area contributed by atoms with Crippen LogP contribution in [0.1, 0.15) is 18.1 Å². The Morgan fingerprint density at radius 2 is 1.83 bits per heavy atom. The highest BCUT2D eigenvalue weighted by Gasteiger charge is 2.19. The number of benzene rings is 2. The largest absolute Gasteiger partial charge is 0.493 e. The predicted octanol–water partition coefficient (Wildman–Crippen LogP) is 4.19. The number of hydrogen-bond donors (Lipinski definition) is 0. The van der Waals surface area contributed by atoms with Crippen LogP contribution in [0.15, 0.2) is 65.9 Å². The molecule has 0 bridgehead atoms. The summed E-state index contributed by atoms with van der Waals surface area (Å²) in [6.45, 7) is 1.57. The molecule has 3 nitrogen and oxygen atoms in total. The van der Waals surface area contributed by atoms with Crippen LogP contribution in [0.5, 0.6) is 11.5 Å². The van der Waals surface area contributed by atoms with Crippen LogP contribution in [0.25, 0.3) is 6.08 Å². The number of Topliss-reactive ketones (excluding diaryl/α,β-unsaturated/α-hetero) is 1. The van der Waals surface area contributed by atoms with Crippen molar-refractivity contribution >= 4 is 11.9 Å². The summed E-state index contributed by atoms with van der Waals surface area (Å²) in [5, 5.41) is 0. The van der Waals surface area contributed by atoms with Gasteiger partial charge in [0.2, 0.25) is 0 Å². The van der Waals surface area contributed by atoms with Gasteiger partial charge in [0.05, 0.1) is 7.11 Å². The van der Waals surface area contributed by atoms with Crippen molar-refractivity contribution in [3.63, 3.8) is 0 Å². The van der Waals surface area contributed by atoms with Gasteiger partial charge in [-0.05, 0) is 30.7 Å². The maximum atomic E-state index is 12.1. The molecule has 0 radical (unpaired) electrons. The van der Waals surface area contributed by atoms with Crippen molar-refractivity contribution in [3.8, 4) is 11.5 Å². The van der Waals surface area contributed by atoms with Gasteiger partial charge in [-0.3, -0.25) is 4.79 Å². The third-order valence-corrected chi connectivity index (χ3v) is 3.80. The Bertz CT molecular complexity index is 786. The maximum absolute atomic E-state index is 12.1. The van der Waals surface area contributed by atoms with E-state index in [-0.39, 0.29) is 5.78 Å². The Morgan fingerprint density at radius 1 is 1.04 bits per heavy atom. The van der Waals surface area contributed by atoms with Gasteiger partial charge in [0, 0.05) is 17.6 Å². The van der Waals surface area contributed by atoms with E-state index in [2.05, 4.69) is 0 Å². The monoisotopic (exact) mass is 306 g/mol. The molecule has 2 aromatic rings. The molecular formula is C20H18O3. The minimum Gasteiger partial charge on any atom is -0.493 e. The average molecular weight is 306 g/mol. The Hall–Kier alpha value is -2.81. The van der Waals surface area contributed by atoms with Crippen LogP contribution in [0.4, 0.5) is 0 Å². The summed E-state index contributed by atoms with van der Waals surface area (Å²) in [5.74, 6) is 1.90. The molecule has 1 aliphatic rings. The van der Waals surface area contributed by atoms with Crippen molar-refractivity contribution in [2.75, 3.05) is 7.11 Å². The van der Waals surface area contributed by atoms with Crippen molar-refractivity contribution in [1.82, 2.24) is 0 Å². The third-order valence-electron chi connectivity index (χ3n) is 3.80. The first-order valence-electron chi connectivity index (χ1n) is 7.50. The molecule has 0 amide bonds. The molecule has 3 rings (SSSR count). The summed E-state index contributed by atoms with van der Waals surface area (Å²) in [7, 11) is 1.61. The van der Waals surface area contributed by atoms with Crippen LogP contribution in [0.3, 0.4) is 0 Å². The van der Waals surface area contributed by atoms with Crippen LogP contribution in [0, 0.1) is 0 Å². The topological polar surface area (TPSA) is 35.5 Å². The summed E-state index contributed by atoms with van der Waals surface area (Å²) in [6.07, 6.45) is 4.34. The van der Waals surface area contributed by atoms with Crippen LogP contribution in [0.2, 0.25) is 0 Å². The van der Waals surface area contributed by atoms with Crippen molar-refractivity contribution < 1.29 is 14.3 Å². The fourth-order valence-electron chi connectivity index (χ4n) is 2.59. The Labute approximate surface area is 135 Å². The van der Waals surface area contributed by atoms with Crippen molar-refractivity contribution in [2.45, 2.75) is 13.3 Å². The smallest absolute Gasteiger partial charge is 0.176 e. The van der Waals surface area contributed by atoms with Gasteiger partial charge in [-0.25, -0.2) is 0 Å². The van der Waals surface area contributed by atoms with Crippen LogP contribution in [-0.4, -0.2) is 12.9 Å². The number of fused-ring (bicyclic) bond motifs is 1. The van der Waals surface area contributed by atoms with E-state index in [0.717, 1.165) is 11.1 Å². The van der Waals surface area contributed by atoms with E-state index in [0.29, 0.717) is 29.3 Å². The average Bonchev–Trinajstić information content (AvgIpc) is 2.59. The van der Waals surface area contributed by atoms with Gasteiger partial charge in [0.25, 0.3) is 0 Å². The number of allylic oxidation sites excluding steroid dienone is 2. The van der Waals surface area contributed by atoms with Gasteiger partial charge in [-0.1, -0.05) is 42.5 Å². The van der Waals surface area contributed by atoms with Gasteiger partial charge in [0.15, 0.2) is 17.3 Å². The number of rotatable bonds is 4. The molecular weight excluding hydrogens is 288 g/mol. The Kier molecular flexibility index (Phi) is 4.29. The lowest BCUT2D eigenvalue weighted by atomic mass is 9.99. The van der Waals surface area contributed by atoms with E-state index < -0.39 is 0 Å². The zero-order chi connectivity index (χ0) is 16.2. The second kappa shape index (κ2) is 6.53. The molecule has 116 valence electrons. The third kappa shape index (κ3) is 3.19. The van der Waals surface area contributed by atoms with E-state index >= 15 is 0 Å². The highest BCUT2D eigenvalue weighted by Crippen LogP contribution is 2.37. The molecule has 1 heterocycles. The number of ether oxygens (including phenoxy) is 2. The number of para-hydroxylation sites is 1. The molecule has 23 heavy (non-hydrogen) atoms. The molecule has 0 saturated heterocycles. The zero-order valence-electron chi connectivity index (χ0n) is 13.2. The molecule has 0 N–H and O–H groups in total. The molecule has 0 aliphatic carbocycles. The molecule has 0 aromatic heterocycles. The van der Waals surface area contributed by atoms with Crippen LogP contribution >= 0.6 is 0 Å². The van der Waals surface area contributed by atoms with Crippen LogP contribution < -0.4 is 9.47 Å².